The number of benzene rings is 2. The van der Waals surface area contributed by atoms with Crippen molar-refractivity contribution >= 4 is 23.2 Å². The molecule has 4 rings (SSSR count). The van der Waals surface area contributed by atoms with Crippen LogP contribution in [0.2, 0.25) is 5.02 Å². The molecule has 0 unspecified atom stereocenters. The van der Waals surface area contributed by atoms with E-state index in [2.05, 4.69) is 5.32 Å². The van der Waals surface area contributed by atoms with Crippen molar-refractivity contribution in [1.29, 1.82) is 0 Å². The van der Waals surface area contributed by atoms with E-state index in [1.807, 2.05) is 30.3 Å². The fourth-order valence-corrected chi connectivity index (χ4v) is 3.53. The first-order chi connectivity index (χ1) is 14.0. The Balaban J connectivity index is 1.69. The van der Waals surface area contributed by atoms with Gasteiger partial charge >= 0.3 is 0 Å². The molecule has 0 saturated carbocycles. The van der Waals surface area contributed by atoms with Gasteiger partial charge in [-0.25, -0.2) is 4.68 Å². The number of hydrogen-bond acceptors (Lipinski definition) is 4. The summed E-state index contributed by atoms with van der Waals surface area (Å²) in [4.78, 5) is 25.9. The molecule has 150 valence electrons. The maximum atomic E-state index is 13.0. The van der Waals surface area contributed by atoms with Crippen molar-refractivity contribution in [1.82, 2.24) is 9.36 Å². The second-order valence-corrected chi connectivity index (χ2v) is 7.13. The predicted molar refractivity (Wildman–Crippen MR) is 111 cm³/mol. The van der Waals surface area contributed by atoms with Crippen LogP contribution in [0.1, 0.15) is 22.5 Å². The third-order valence-electron chi connectivity index (χ3n) is 4.86. The first-order valence-electron chi connectivity index (χ1n) is 9.22. The van der Waals surface area contributed by atoms with Gasteiger partial charge in [0, 0.05) is 19.0 Å². The second-order valence-electron chi connectivity index (χ2n) is 6.73. The van der Waals surface area contributed by atoms with Crippen LogP contribution < -0.4 is 20.3 Å². The summed E-state index contributed by atoms with van der Waals surface area (Å²) in [5.41, 5.74) is 1.53. The molecule has 0 saturated heterocycles. The number of carbonyl (C=O) groups is 1. The van der Waals surface area contributed by atoms with Gasteiger partial charge in [-0.15, -0.1) is 0 Å². The van der Waals surface area contributed by atoms with Gasteiger partial charge in [0.1, 0.15) is 5.69 Å². The molecular formula is C21H20ClN3O4. The summed E-state index contributed by atoms with van der Waals surface area (Å²) in [6, 6.07) is 12.3. The third kappa shape index (κ3) is 3.49. The van der Waals surface area contributed by atoms with Crippen molar-refractivity contribution in [2.24, 2.45) is 7.05 Å². The summed E-state index contributed by atoms with van der Waals surface area (Å²) in [6.07, 6.45) is 0.731. The van der Waals surface area contributed by atoms with E-state index in [4.69, 9.17) is 21.1 Å². The van der Waals surface area contributed by atoms with E-state index < -0.39 is 5.91 Å². The van der Waals surface area contributed by atoms with Crippen molar-refractivity contribution < 1.29 is 14.3 Å². The highest BCUT2D eigenvalue weighted by Crippen LogP contribution is 2.38. The van der Waals surface area contributed by atoms with Crippen LogP contribution in [0.25, 0.3) is 5.69 Å². The molecular weight excluding hydrogens is 394 g/mol. The number of ether oxygens (including phenoxy) is 2. The lowest BCUT2D eigenvalue weighted by Gasteiger charge is -2.11. The maximum Gasteiger partial charge on any atom is 0.295 e. The lowest BCUT2D eigenvalue weighted by atomic mass is 10.2. The minimum atomic E-state index is -0.450. The molecule has 1 aliphatic heterocycles. The molecule has 8 heteroatoms. The van der Waals surface area contributed by atoms with E-state index in [1.54, 1.807) is 24.7 Å². The van der Waals surface area contributed by atoms with E-state index >= 15 is 0 Å². The smallest absolute Gasteiger partial charge is 0.295 e. The first-order valence-corrected chi connectivity index (χ1v) is 9.59. The molecule has 0 atom stereocenters. The Morgan fingerprint density at radius 2 is 1.86 bits per heavy atom. The van der Waals surface area contributed by atoms with Gasteiger partial charge in [0.2, 0.25) is 0 Å². The van der Waals surface area contributed by atoms with Crippen molar-refractivity contribution in [3.8, 4) is 17.2 Å². The molecule has 1 amide bonds. The summed E-state index contributed by atoms with van der Waals surface area (Å²) < 4.78 is 14.4. The van der Waals surface area contributed by atoms with Gasteiger partial charge in [0.05, 0.1) is 29.6 Å². The zero-order valence-electron chi connectivity index (χ0n) is 16.1. The van der Waals surface area contributed by atoms with Crippen molar-refractivity contribution in [3.63, 3.8) is 0 Å². The molecule has 0 bridgehead atoms. The number of aromatic nitrogens is 2. The van der Waals surface area contributed by atoms with Gasteiger partial charge in [-0.2, -0.15) is 0 Å². The number of fused-ring (bicyclic) bond motifs is 1. The average molecular weight is 414 g/mol. The molecule has 2 heterocycles. The number of hydrogen-bond donors (Lipinski definition) is 1. The fourth-order valence-electron chi connectivity index (χ4n) is 3.26. The summed E-state index contributed by atoms with van der Waals surface area (Å²) >= 11 is 6.28. The van der Waals surface area contributed by atoms with Gasteiger partial charge in [0.25, 0.3) is 11.5 Å². The van der Waals surface area contributed by atoms with Crippen LogP contribution in [0.5, 0.6) is 11.5 Å². The Hall–Kier alpha value is -3.19. The average Bonchev–Trinajstić information content (AvgIpc) is 2.89. The summed E-state index contributed by atoms with van der Waals surface area (Å²) in [5, 5.41) is 3.02. The zero-order valence-corrected chi connectivity index (χ0v) is 16.8. The van der Waals surface area contributed by atoms with Gasteiger partial charge in [-0.3, -0.25) is 14.3 Å². The van der Waals surface area contributed by atoms with E-state index in [9.17, 15) is 9.59 Å². The SMILES string of the molecule is Cc1c(NC(=O)c2cc(Cl)c3c(c2)OCCCO3)c(=O)n(-c2ccccc2)n1C. The van der Waals surface area contributed by atoms with Gasteiger partial charge < -0.3 is 14.8 Å². The van der Waals surface area contributed by atoms with Crippen LogP contribution >= 0.6 is 11.6 Å². The van der Waals surface area contributed by atoms with E-state index in [0.717, 1.165) is 6.42 Å². The Morgan fingerprint density at radius 3 is 2.62 bits per heavy atom. The quantitative estimate of drug-likeness (QED) is 0.712. The fraction of sp³-hybridized carbons (Fsp3) is 0.238. The van der Waals surface area contributed by atoms with E-state index in [1.165, 1.54) is 10.7 Å². The first kappa shape index (κ1) is 19.1. The highest BCUT2D eigenvalue weighted by atomic mass is 35.5. The molecule has 29 heavy (non-hydrogen) atoms. The Bertz CT molecular complexity index is 1140. The molecule has 0 fully saturated rings. The molecule has 7 nitrogen and oxygen atoms in total. The van der Waals surface area contributed by atoms with Crippen LogP contribution in [0.4, 0.5) is 5.69 Å². The zero-order chi connectivity index (χ0) is 20.5. The van der Waals surface area contributed by atoms with Gasteiger partial charge in [-0.05, 0) is 31.2 Å². The summed E-state index contributed by atoms with van der Waals surface area (Å²) in [5.74, 6) is 0.406. The Labute approximate surface area is 172 Å². The van der Waals surface area contributed by atoms with Crippen LogP contribution in [0.3, 0.4) is 0 Å². The standard InChI is InChI=1S/C21H20ClN3O4/c1-13-18(21(27)25(24(13)2)15-7-4-3-5-8-15)23-20(26)14-11-16(22)19-17(12-14)28-9-6-10-29-19/h3-5,7-8,11-12H,6,9-10H2,1-2H3,(H,23,26). The van der Waals surface area contributed by atoms with E-state index in [0.29, 0.717) is 41.1 Å². The summed E-state index contributed by atoms with van der Waals surface area (Å²) in [6.45, 7) is 2.76. The molecule has 0 radical (unpaired) electrons. The van der Waals surface area contributed by atoms with Crippen LogP contribution in [-0.2, 0) is 7.05 Å². The highest BCUT2D eigenvalue weighted by molar-refractivity contribution is 6.32. The van der Waals surface area contributed by atoms with Crippen LogP contribution in [0, 0.1) is 6.92 Å². The monoisotopic (exact) mass is 413 g/mol. The lowest BCUT2D eigenvalue weighted by molar-refractivity contribution is 0.102. The predicted octanol–water partition coefficient (Wildman–Crippen LogP) is 3.55. The van der Waals surface area contributed by atoms with Crippen molar-refractivity contribution in [2.75, 3.05) is 18.5 Å². The van der Waals surface area contributed by atoms with Crippen molar-refractivity contribution in [3.05, 3.63) is 69.1 Å². The van der Waals surface area contributed by atoms with Crippen molar-refractivity contribution in [2.45, 2.75) is 13.3 Å². The van der Waals surface area contributed by atoms with Crippen LogP contribution in [-0.4, -0.2) is 28.5 Å². The topological polar surface area (TPSA) is 74.5 Å². The number of nitrogens with zero attached hydrogens (tertiary/aromatic N) is 2. The molecule has 1 aromatic heterocycles. The number of amides is 1. The normalized spacial score (nSPS) is 13.1. The Morgan fingerprint density at radius 1 is 1.14 bits per heavy atom. The number of rotatable bonds is 3. The number of para-hydroxylation sites is 1. The highest BCUT2D eigenvalue weighted by Gasteiger charge is 2.22. The molecule has 0 spiro atoms. The van der Waals surface area contributed by atoms with E-state index in [-0.39, 0.29) is 16.8 Å². The van der Waals surface area contributed by atoms with Gasteiger partial charge in [-0.1, -0.05) is 29.8 Å². The largest absolute Gasteiger partial charge is 0.489 e. The molecule has 1 N–H and O–H groups in total. The summed E-state index contributed by atoms with van der Waals surface area (Å²) in [7, 11) is 1.77. The molecule has 1 aliphatic rings. The number of anilines is 1. The number of halogens is 1. The maximum absolute atomic E-state index is 13.0. The molecule has 3 aromatic rings. The molecule has 2 aromatic carbocycles. The van der Waals surface area contributed by atoms with Gasteiger partial charge in [0.15, 0.2) is 11.5 Å². The lowest BCUT2D eigenvalue weighted by Crippen LogP contribution is -2.23. The second kappa shape index (κ2) is 7.67. The molecule has 0 aliphatic carbocycles. The third-order valence-corrected chi connectivity index (χ3v) is 5.14. The van der Waals surface area contributed by atoms with Crippen LogP contribution in [0.15, 0.2) is 47.3 Å². The minimum absolute atomic E-state index is 0.213. The minimum Gasteiger partial charge on any atom is -0.489 e. The Kier molecular flexibility index (Phi) is 5.07. The number of nitrogens with one attached hydrogen (secondary N) is 1. The number of carbonyl (C=O) groups excluding carboxylic acids is 1.